The number of hydrogen-bond donors (Lipinski definition) is 0. The molecule has 0 saturated carbocycles. The van der Waals surface area contributed by atoms with Crippen molar-refractivity contribution in [2.24, 2.45) is 0 Å². The molecule has 0 bridgehead atoms. The molecule has 6 nitrogen and oxygen atoms in total. The van der Waals surface area contributed by atoms with Gasteiger partial charge >= 0.3 is 0 Å². The van der Waals surface area contributed by atoms with Crippen LogP contribution in [0.15, 0.2) is 66.9 Å². The maximum atomic E-state index is 13.0. The van der Waals surface area contributed by atoms with E-state index in [-0.39, 0.29) is 5.91 Å². The Morgan fingerprint density at radius 2 is 1.72 bits per heavy atom. The predicted octanol–water partition coefficient (Wildman–Crippen LogP) is 3.52. The van der Waals surface area contributed by atoms with Gasteiger partial charge < -0.3 is 14.7 Å². The van der Waals surface area contributed by atoms with E-state index in [1.54, 1.807) is 12.3 Å². The molecular weight excluding hydrogens is 362 g/mol. The Labute approximate surface area is 171 Å². The number of nitrogens with zero attached hydrogens (tertiary/aromatic N) is 5. The molecule has 0 N–H and O–H groups in total. The third-order valence-electron chi connectivity index (χ3n) is 5.24. The number of carbonyl (C=O) groups is 1. The second-order valence-corrected chi connectivity index (χ2v) is 7.25. The lowest BCUT2D eigenvalue weighted by molar-refractivity contribution is 0.0741. The van der Waals surface area contributed by atoms with Crippen molar-refractivity contribution < 1.29 is 4.79 Å². The van der Waals surface area contributed by atoms with Crippen LogP contribution in [-0.4, -0.2) is 54.0 Å². The number of carbonyl (C=O) groups excluding carboxylic acids is 1. The molecule has 0 aliphatic carbocycles. The van der Waals surface area contributed by atoms with Gasteiger partial charge in [0.05, 0.1) is 0 Å². The van der Waals surface area contributed by atoms with Crippen LogP contribution < -0.4 is 9.80 Å². The molecule has 1 aliphatic rings. The highest BCUT2D eigenvalue weighted by molar-refractivity contribution is 5.92. The zero-order valence-corrected chi connectivity index (χ0v) is 16.8. The molecule has 2 heterocycles. The van der Waals surface area contributed by atoms with Crippen LogP contribution >= 0.6 is 0 Å². The summed E-state index contributed by atoms with van der Waals surface area (Å²) in [6, 6.07) is 20.1. The fourth-order valence-corrected chi connectivity index (χ4v) is 3.55. The van der Waals surface area contributed by atoms with Crippen LogP contribution in [0.3, 0.4) is 0 Å². The van der Waals surface area contributed by atoms with Crippen LogP contribution in [-0.2, 0) is 0 Å². The molecule has 29 heavy (non-hydrogen) atoms. The fourth-order valence-electron chi connectivity index (χ4n) is 3.55. The Hall–Kier alpha value is -3.41. The molecule has 0 radical (unpaired) electrons. The summed E-state index contributed by atoms with van der Waals surface area (Å²) in [5.74, 6) is 0.472. The number of rotatable bonds is 4. The fraction of sp³-hybridized carbons (Fsp3) is 0.261. The first kappa shape index (κ1) is 18.9. The lowest BCUT2D eigenvalue weighted by Gasteiger charge is -2.36. The van der Waals surface area contributed by atoms with E-state index in [9.17, 15) is 4.79 Å². The van der Waals surface area contributed by atoms with Crippen molar-refractivity contribution in [2.45, 2.75) is 6.92 Å². The predicted molar refractivity (Wildman–Crippen MR) is 116 cm³/mol. The Balaban J connectivity index is 1.44. The van der Waals surface area contributed by atoms with Gasteiger partial charge in [-0.2, -0.15) is 0 Å². The van der Waals surface area contributed by atoms with Crippen LogP contribution in [0.5, 0.6) is 0 Å². The molecule has 1 aliphatic heterocycles. The van der Waals surface area contributed by atoms with E-state index in [1.165, 1.54) is 11.3 Å². The van der Waals surface area contributed by atoms with Crippen molar-refractivity contribution in [3.05, 3.63) is 78.1 Å². The number of aryl methyl sites for hydroxylation is 1. The van der Waals surface area contributed by atoms with Gasteiger partial charge in [-0.05, 0) is 42.8 Å². The molecule has 4 rings (SSSR count). The zero-order valence-electron chi connectivity index (χ0n) is 16.8. The molecule has 2 aromatic carbocycles. The average Bonchev–Trinajstić information content (AvgIpc) is 2.79. The van der Waals surface area contributed by atoms with Gasteiger partial charge in [-0.25, -0.2) is 9.97 Å². The smallest absolute Gasteiger partial charge is 0.272 e. The molecular formula is C23H25N5O. The molecule has 6 heteroatoms. The van der Waals surface area contributed by atoms with E-state index in [2.05, 4.69) is 46.1 Å². The van der Waals surface area contributed by atoms with Crippen molar-refractivity contribution in [2.75, 3.05) is 43.0 Å². The van der Waals surface area contributed by atoms with Gasteiger partial charge in [-0.1, -0.05) is 30.3 Å². The topological polar surface area (TPSA) is 52.6 Å². The molecule has 148 valence electrons. The summed E-state index contributed by atoms with van der Waals surface area (Å²) in [7, 11) is 1.90. The average molecular weight is 387 g/mol. The van der Waals surface area contributed by atoms with Gasteiger partial charge in [0.15, 0.2) is 0 Å². The number of aromatic nitrogens is 2. The third-order valence-corrected chi connectivity index (χ3v) is 5.24. The van der Waals surface area contributed by atoms with Gasteiger partial charge in [0, 0.05) is 50.8 Å². The van der Waals surface area contributed by atoms with Crippen LogP contribution in [0.1, 0.15) is 16.1 Å². The van der Waals surface area contributed by atoms with E-state index < -0.39 is 0 Å². The van der Waals surface area contributed by atoms with E-state index in [0.717, 1.165) is 18.8 Å². The van der Waals surface area contributed by atoms with Crippen molar-refractivity contribution in [3.63, 3.8) is 0 Å². The second kappa shape index (κ2) is 8.31. The molecule has 0 atom stereocenters. The quantitative estimate of drug-likeness (QED) is 0.686. The summed E-state index contributed by atoms with van der Waals surface area (Å²) in [5.41, 5.74) is 3.87. The molecule has 3 aromatic rings. The van der Waals surface area contributed by atoms with Crippen molar-refractivity contribution in [1.82, 2.24) is 14.9 Å². The Kier molecular flexibility index (Phi) is 5.42. The van der Waals surface area contributed by atoms with Crippen molar-refractivity contribution in [1.29, 1.82) is 0 Å². The van der Waals surface area contributed by atoms with E-state index in [1.807, 2.05) is 47.2 Å². The summed E-state index contributed by atoms with van der Waals surface area (Å²) in [6.07, 6.45) is 1.65. The van der Waals surface area contributed by atoms with E-state index in [0.29, 0.717) is 24.7 Å². The molecule has 0 unspecified atom stereocenters. The summed E-state index contributed by atoms with van der Waals surface area (Å²) in [5, 5.41) is 0. The van der Waals surface area contributed by atoms with Crippen molar-refractivity contribution in [3.8, 4) is 0 Å². The maximum absolute atomic E-state index is 13.0. The van der Waals surface area contributed by atoms with Crippen LogP contribution in [0.4, 0.5) is 17.3 Å². The van der Waals surface area contributed by atoms with E-state index in [4.69, 9.17) is 0 Å². The standard InChI is InChI=1S/C23H25N5O/c1-18-7-6-10-20(17-18)27-13-15-28(16-14-27)22(29)21-11-12-24-23(25-21)26(2)19-8-4-3-5-9-19/h3-12,17H,13-16H2,1-2H3. The van der Waals surface area contributed by atoms with E-state index >= 15 is 0 Å². The highest BCUT2D eigenvalue weighted by Crippen LogP contribution is 2.21. The molecule has 1 saturated heterocycles. The summed E-state index contributed by atoms with van der Waals surface area (Å²) >= 11 is 0. The monoisotopic (exact) mass is 387 g/mol. The first-order chi connectivity index (χ1) is 14.1. The van der Waals surface area contributed by atoms with Gasteiger partial charge in [0.1, 0.15) is 5.69 Å². The number of anilines is 3. The van der Waals surface area contributed by atoms with Crippen LogP contribution in [0.2, 0.25) is 0 Å². The van der Waals surface area contributed by atoms with Gasteiger partial charge in [0.2, 0.25) is 5.95 Å². The molecule has 1 amide bonds. The molecule has 0 spiro atoms. The maximum Gasteiger partial charge on any atom is 0.272 e. The highest BCUT2D eigenvalue weighted by atomic mass is 16.2. The number of benzene rings is 2. The van der Waals surface area contributed by atoms with Gasteiger partial charge in [0.25, 0.3) is 5.91 Å². The van der Waals surface area contributed by atoms with Gasteiger partial charge in [-0.15, -0.1) is 0 Å². The number of piperazine rings is 1. The summed E-state index contributed by atoms with van der Waals surface area (Å²) in [4.78, 5) is 28.0. The number of para-hydroxylation sites is 1. The minimum Gasteiger partial charge on any atom is -0.368 e. The molecule has 1 fully saturated rings. The highest BCUT2D eigenvalue weighted by Gasteiger charge is 2.24. The Bertz CT molecular complexity index is 983. The second-order valence-electron chi connectivity index (χ2n) is 7.25. The lowest BCUT2D eigenvalue weighted by Crippen LogP contribution is -2.49. The number of amides is 1. The normalized spacial score (nSPS) is 14.0. The van der Waals surface area contributed by atoms with Crippen LogP contribution in [0, 0.1) is 6.92 Å². The summed E-state index contributed by atoms with van der Waals surface area (Å²) < 4.78 is 0. The number of hydrogen-bond acceptors (Lipinski definition) is 5. The Morgan fingerprint density at radius 1 is 0.966 bits per heavy atom. The molecule has 1 aromatic heterocycles. The third kappa shape index (κ3) is 4.21. The van der Waals surface area contributed by atoms with Crippen LogP contribution in [0.25, 0.3) is 0 Å². The minimum absolute atomic E-state index is 0.0426. The largest absolute Gasteiger partial charge is 0.368 e. The Morgan fingerprint density at radius 3 is 2.45 bits per heavy atom. The first-order valence-corrected chi connectivity index (χ1v) is 9.84. The first-order valence-electron chi connectivity index (χ1n) is 9.84. The SMILES string of the molecule is Cc1cccc(N2CCN(C(=O)c3ccnc(N(C)c4ccccc4)n3)CC2)c1. The lowest BCUT2D eigenvalue weighted by atomic mass is 10.2. The zero-order chi connectivity index (χ0) is 20.2. The van der Waals surface area contributed by atoms with Gasteiger partial charge in [-0.3, -0.25) is 4.79 Å². The minimum atomic E-state index is -0.0426. The summed E-state index contributed by atoms with van der Waals surface area (Å²) in [6.45, 7) is 5.10. The van der Waals surface area contributed by atoms with Crippen molar-refractivity contribution >= 4 is 23.2 Å².